The Kier molecular flexibility index (Phi) is 13.8. The third-order valence-electron chi connectivity index (χ3n) is 14.9. The van der Waals surface area contributed by atoms with Crippen LogP contribution in [-0.2, 0) is 0 Å². The molecule has 0 saturated carbocycles. The molecular formula is C63H76Si. The van der Waals surface area contributed by atoms with Crippen molar-refractivity contribution in [2.24, 2.45) is 0 Å². The zero-order valence-electron chi connectivity index (χ0n) is 42.2. The van der Waals surface area contributed by atoms with Gasteiger partial charge in [0.1, 0.15) is 0 Å². The predicted molar refractivity (Wildman–Crippen MR) is 285 cm³/mol. The highest BCUT2D eigenvalue weighted by Crippen LogP contribution is 2.47. The minimum Gasteiger partial charge on any atom is -0.0647 e. The highest BCUT2D eigenvalue weighted by atomic mass is 28.3. The largest absolute Gasteiger partial charge is 0.159 e. The van der Waals surface area contributed by atoms with E-state index in [4.69, 9.17) is 0 Å². The lowest BCUT2D eigenvalue weighted by Crippen LogP contribution is -2.70. The SMILES string of the molecule is CC1=C(C)C([Si](c2cccc(-c3cc(C(C)C)cc(C(C)C)c3)c2)(c2cccc(-c3cc(C(C)C)cc(C(C)C)c3)c2)c2cccc(-c3cc(C(C)C)cc(C(C)C)c3)c2)C(C)=C1C. The van der Waals surface area contributed by atoms with Crippen LogP contribution in [0.3, 0.4) is 0 Å². The highest BCUT2D eigenvalue weighted by Gasteiger charge is 2.50. The first-order valence-electron chi connectivity index (χ1n) is 24.4. The quantitative estimate of drug-likeness (QED) is 0.0802. The topological polar surface area (TPSA) is 0 Å². The first-order chi connectivity index (χ1) is 30.3. The second-order valence-corrected chi connectivity index (χ2v) is 25.1. The molecule has 0 aromatic heterocycles. The number of hydrogen-bond donors (Lipinski definition) is 0. The molecule has 0 spiro atoms. The molecule has 0 amide bonds. The fourth-order valence-corrected chi connectivity index (χ4v) is 16.3. The minimum atomic E-state index is -3.02. The van der Waals surface area contributed by atoms with Gasteiger partial charge in [0, 0.05) is 5.54 Å². The Morgan fingerprint density at radius 2 is 0.531 bits per heavy atom. The van der Waals surface area contributed by atoms with Crippen molar-refractivity contribution >= 4 is 23.6 Å². The highest BCUT2D eigenvalue weighted by molar-refractivity contribution is 7.13. The van der Waals surface area contributed by atoms with Gasteiger partial charge in [-0.2, -0.15) is 0 Å². The van der Waals surface area contributed by atoms with Gasteiger partial charge in [-0.1, -0.05) is 222 Å². The van der Waals surface area contributed by atoms with Gasteiger partial charge < -0.3 is 0 Å². The normalized spacial score (nSPS) is 14.0. The van der Waals surface area contributed by atoms with Crippen LogP contribution in [0.4, 0.5) is 0 Å². The smallest absolute Gasteiger partial charge is 0.0647 e. The van der Waals surface area contributed by atoms with Crippen molar-refractivity contribution in [1.82, 2.24) is 0 Å². The van der Waals surface area contributed by atoms with Crippen LogP contribution in [0.25, 0.3) is 33.4 Å². The molecule has 0 bridgehead atoms. The zero-order valence-corrected chi connectivity index (χ0v) is 43.2. The second kappa shape index (κ2) is 18.9. The molecule has 0 radical (unpaired) electrons. The minimum absolute atomic E-state index is 0.239. The van der Waals surface area contributed by atoms with Gasteiger partial charge in [0.15, 0.2) is 8.07 Å². The van der Waals surface area contributed by atoms with E-state index in [-0.39, 0.29) is 5.54 Å². The summed E-state index contributed by atoms with van der Waals surface area (Å²) in [5.74, 6) is 2.67. The van der Waals surface area contributed by atoms with Crippen LogP contribution >= 0.6 is 0 Å². The molecule has 6 aromatic carbocycles. The van der Waals surface area contributed by atoms with Crippen LogP contribution in [0.15, 0.2) is 150 Å². The summed E-state index contributed by atoms with van der Waals surface area (Å²) < 4.78 is 0. The molecule has 0 heterocycles. The molecule has 0 N–H and O–H groups in total. The molecule has 0 nitrogen and oxygen atoms in total. The summed E-state index contributed by atoms with van der Waals surface area (Å²) in [4.78, 5) is 0. The Bertz CT molecular complexity index is 2370. The van der Waals surface area contributed by atoms with E-state index in [2.05, 4.69) is 238 Å². The average Bonchev–Trinajstić information content (AvgIpc) is 3.47. The number of allylic oxidation sites excluding steroid dienone is 4. The van der Waals surface area contributed by atoms with E-state index in [1.165, 1.54) is 105 Å². The van der Waals surface area contributed by atoms with E-state index in [0.717, 1.165) is 0 Å². The van der Waals surface area contributed by atoms with E-state index in [0.29, 0.717) is 35.5 Å². The van der Waals surface area contributed by atoms with Gasteiger partial charge in [-0.25, -0.2) is 0 Å². The third kappa shape index (κ3) is 9.00. The monoisotopic (exact) mass is 861 g/mol. The predicted octanol–water partition coefficient (Wildman–Crippen LogP) is 17.0. The molecule has 1 heteroatoms. The van der Waals surface area contributed by atoms with Gasteiger partial charge in [0.25, 0.3) is 0 Å². The summed E-state index contributed by atoms with van der Waals surface area (Å²) >= 11 is 0. The Morgan fingerprint density at radius 1 is 0.297 bits per heavy atom. The van der Waals surface area contributed by atoms with Crippen molar-refractivity contribution in [3.63, 3.8) is 0 Å². The maximum absolute atomic E-state index is 3.02. The summed E-state index contributed by atoms with van der Waals surface area (Å²) in [6.45, 7) is 37.6. The second-order valence-electron chi connectivity index (χ2n) is 21.2. The Morgan fingerprint density at radius 3 is 0.750 bits per heavy atom. The summed E-state index contributed by atoms with van der Waals surface area (Å²) in [5.41, 5.74) is 22.5. The molecular weight excluding hydrogens is 785 g/mol. The van der Waals surface area contributed by atoms with Crippen LogP contribution in [0.2, 0.25) is 5.54 Å². The van der Waals surface area contributed by atoms with Gasteiger partial charge in [0.2, 0.25) is 0 Å². The van der Waals surface area contributed by atoms with Gasteiger partial charge in [0.05, 0.1) is 0 Å². The third-order valence-corrected chi connectivity index (χ3v) is 20.3. The molecule has 6 aromatic rings. The van der Waals surface area contributed by atoms with Gasteiger partial charge in [-0.05, 0) is 157 Å². The van der Waals surface area contributed by atoms with Crippen molar-refractivity contribution in [2.45, 2.75) is 152 Å². The molecule has 0 unspecified atom stereocenters. The number of rotatable bonds is 13. The van der Waals surface area contributed by atoms with Crippen molar-refractivity contribution in [3.8, 4) is 33.4 Å². The van der Waals surface area contributed by atoms with Crippen molar-refractivity contribution in [2.75, 3.05) is 0 Å². The van der Waals surface area contributed by atoms with Gasteiger partial charge >= 0.3 is 0 Å². The molecule has 0 atom stereocenters. The number of benzene rings is 6. The maximum Gasteiger partial charge on any atom is 0.159 e. The molecule has 0 fully saturated rings. The molecule has 332 valence electrons. The van der Waals surface area contributed by atoms with Crippen LogP contribution in [-0.4, -0.2) is 8.07 Å². The standard InChI is InChI=1S/C63H76Si/c1-38(2)51-26-52(39(3)4)30-57(29-51)48-20-17-23-60(35-48)64(63-46(15)44(13)45(14)47(63)16,61-24-18-21-49(36-61)58-31-53(40(5)6)27-54(32-58)41(7)8)62-25-19-22-50(37-62)59-33-55(42(9)10)28-56(34-59)43(11)12/h17-43,63H,1-16H3. The molecule has 1 aliphatic carbocycles. The van der Waals surface area contributed by atoms with Crippen LogP contribution in [0, 0.1) is 0 Å². The average molecular weight is 861 g/mol. The zero-order chi connectivity index (χ0) is 46.4. The first-order valence-corrected chi connectivity index (χ1v) is 26.5. The van der Waals surface area contributed by atoms with E-state index in [1.54, 1.807) is 0 Å². The summed E-state index contributed by atoms with van der Waals surface area (Å²) in [7, 11) is -3.02. The van der Waals surface area contributed by atoms with Gasteiger partial charge in [-0.15, -0.1) is 0 Å². The Balaban J connectivity index is 1.62. The van der Waals surface area contributed by atoms with Crippen molar-refractivity contribution in [3.05, 3.63) is 183 Å². The molecule has 7 rings (SSSR count). The fourth-order valence-electron chi connectivity index (χ4n) is 10.4. The lowest BCUT2D eigenvalue weighted by atomic mass is 9.91. The molecule has 0 saturated heterocycles. The van der Waals surface area contributed by atoms with E-state index < -0.39 is 8.07 Å². The molecule has 64 heavy (non-hydrogen) atoms. The van der Waals surface area contributed by atoms with Crippen LogP contribution in [0.5, 0.6) is 0 Å². The summed E-state index contributed by atoms with van der Waals surface area (Å²) in [6, 6.07) is 51.6. The maximum atomic E-state index is 2.62. The fraction of sp³-hybridized carbons (Fsp3) is 0.365. The Labute approximate surface area is 390 Å². The molecule has 0 aliphatic heterocycles. The molecule has 1 aliphatic rings. The van der Waals surface area contributed by atoms with Crippen LogP contribution < -0.4 is 15.6 Å². The lowest BCUT2D eigenvalue weighted by molar-refractivity contribution is 0.834. The van der Waals surface area contributed by atoms with E-state index >= 15 is 0 Å². The Hall–Kier alpha value is -4.98. The summed E-state index contributed by atoms with van der Waals surface area (Å²) in [6.07, 6.45) is 0. The first kappa shape index (κ1) is 47.0. The number of hydrogen-bond acceptors (Lipinski definition) is 0. The van der Waals surface area contributed by atoms with Crippen LogP contribution in [0.1, 0.15) is 180 Å². The van der Waals surface area contributed by atoms with Crippen molar-refractivity contribution < 1.29 is 0 Å². The lowest BCUT2D eigenvalue weighted by Gasteiger charge is -2.41. The van der Waals surface area contributed by atoms with Gasteiger partial charge in [-0.3, -0.25) is 0 Å². The van der Waals surface area contributed by atoms with E-state index in [1.807, 2.05) is 0 Å². The summed E-state index contributed by atoms with van der Waals surface area (Å²) in [5, 5.41) is 4.39. The van der Waals surface area contributed by atoms with Crippen molar-refractivity contribution in [1.29, 1.82) is 0 Å². The van der Waals surface area contributed by atoms with E-state index in [9.17, 15) is 0 Å².